The number of ether oxygens (including phenoxy) is 2. The van der Waals surface area contributed by atoms with E-state index in [0.29, 0.717) is 17.1 Å². The Bertz CT molecular complexity index is 777. The van der Waals surface area contributed by atoms with E-state index < -0.39 is 5.97 Å². The van der Waals surface area contributed by atoms with E-state index >= 15 is 0 Å². The molecule has 2 aromatic rings. The molecule has 0 aliphatic rings. The molecule has 0 radical (unpaired) electrons. The number of carboxylic acids is 1. The topological polar surface area (TPSA) is 72.8 Å². The lowest BCUT2D eigenvalue weighted by molar-refractivity contribution is -0.113. The van der Waals surface area contributed by atoms with Crippen molar-refractivity contribution in [2.45, 2.75) is 6.42 Å². The third-order valence-corrected chi connectivity index (χ3v) is 3.48. The summed E-state index contributed by atoms with van der Waals surface area (Å²) in [6.45, 7) is 0. The Hall–Kier alpha value is -3.08. The van der Waals surface area contributed by atoms with Crippen molar-refractivity contribution >= 4 is 17.8 Å². The summed E-state index contributed by atoms with van der Waals surface area (Å²) in [4.78, 5) is 23.3. The van der Waals surface area contributed by atoms with Gasteiger partial charge in [0.15, 0.2) is 17.3 Å². The van der Waals surface area contributed by atoms with Crippen LogP contribution in [0.4, 0.5) is 0 Å². The summed E-state index contributed by atoms with van der Waals surface area (Å²) in [7, 11) is 3.09. The van der Waals surface area contributed by atoms with Crippen molar-refractivity contribution in [1.29, 1.82) is 0 Å². The normalized spacial score (nSPS) is 10.6. The number of allylic oxidation sites excluding steroid dienone is 1. The summed E-state index contributed by atoms with van der Waals surface area (Å²) >= 11 is 0. The predicted octanol–water partition coefficient (Wildman–Crippen LogP) is 3.23. The molecule has 0 spiro atoms. The SMILES string of the molecule is COc1ccc(C=CC(=O)Cc2ccccc2C(=O)O)cc1OC. The van der Waals surface area contributed by atoms with Crippen LogP contribution in [0.25, 0.3) is 6.08 Å². The Kier molecular flexibility index (Phi) is 5.73. The number of carbonyl (C=O) groups excluding carboxylic acids is 1. The molecular weight excluding hydrogens is 308 g/mol. The first-order chi connectivity index (χ1) is 11.5. The molecule has 0 fully saturated rings. The van der Waals surface area contributed by atoms with Crippen molar-refractivity contribution < 1.29 is 24.2 Å². The number of methoxy groups -OCH3 is 2. The number of benzene rings is 2. The van der Waals surface area contributed by atoms with E-state index in [0.717, 1.165) is 5.56 Å². The van der Waals surface area contributed by atoms with Crippen molar-refractivity contribution in [2.24, 2.45) is 0 Å². The molecule has 5 heteroatoms. The summed E-state index contributed by atoms with van der Waals surface area (Å²) in [5.41, 5.74) is 1.42. The lowest BCUT2D eigenvalue weighted by Gasteiger charge is -2.07. The van der Waals surface area contributed by atoms with Gasteiger partial charge in [0.2, 0.25) is 0 Å². The molecular formula is C19H18O5. The van der Waals surface area contributed by atoms with Crippen LogP contribution in [0.15, 0.2) is 48.5 Å². The van der Waals surface area contributed by atoms with E-state index in [9.17, 15) is 9.59 Å². The lowest BCUT2D eigenvalue weighted by Crippen LogP contribution is -2.06. The van der Waals surface area contributed by atoms with Crippen LogP contribution >= 0.6 is 0 Å². The van der Waals surface area contributed by atoms with Gasteiger partial charge < -0.3 is 14.6 Å². The van der Waals surface area contributed by atoms with E-state index in [1.807, 2.05) is 0 Å². The van der Waals surface area contributed by atoms with Gasteiger partial charge in [0.1, 0.15) is 0 Å². The van der Waals surface area contributed by atoms with Gasteiger partial charge in [-0.15, -0.1) is 0 Å². The zero-order chi connectivity index (χ0) is 17.5. The summed E-state index contributed by atoms with van der Waals surface area (Å²) in [5, 5.41) is 9.14. The van der Waals surface area contributed by atoms with Gasteiger partial charge in [0.05, 0.1) is 19.8 Å². The Morgan fingerprint density at radius 3 is 2.42 bits per heavy atom. The molecule has 0 saturated carbocycles. The minimum Gasteiger partial charge on any atom is -0.493 e. The Morgan fingerprint density at radius 1 is 1.04 bits per heavy atom. The quantitative estimate of drug-likeness (QED) is 0.791. The number of ketones is 1. The molecule has 0 saturated heterocycles. The second-order valence-electron chi connectivity index (χ2n) is 5.05. The van der Waals surface area contributed by atoms with Gasteiger partial charge in [0.25, 0.3) is 0 Å². The minimum atomic E-state index is -1.04. The highest BCUT2D eigenvalue weighted by molar-refractivity contribution is 5.97. The molecule has 0 atom stereocenters. The molecule has 0 unspecified atom stereocenters. The summed E-state index contributed by atoms with van der Waals surface area (Å²) in [5.74, 6) is -0.0413. The molecule has 0 amide bonds. The van der Waals surface area contributed by atoms with E-state index in [4.69, 9.17) is 14.6 Å². The monoisotopic (exact) mass is 326 g/mol. The fourth-order valence-corrected chi connectivity index (χ4v) is 2.28. The van der Waals surface area contributed by atoms with Gasteiger partial charge in [-0.2, -0.15) is 0 Å². The Labute approximate surface area is 140 Å². The van der Waals surface area contributed by atoms with Gasteiger partial charge in [-0.25, -0.2) is 4.79 Å². The van der Waals surface area contributed by atoms with Crippen molar-refractivity contribution in [1.82, 2.24) is 0 Å². The van der Waals surface area contributed by atoms with Crippen LogP contribution in [0.2, 0.25) is 0 Å². The van der Waals surface area contributed by atoms with E-state index in [-0.39, 0.29) is 17.8 Å². The number of aromatic carboxylic acids is 1. The average molecular weight is 326 g/mol. The number of carbonyl (C=O) groups is 2. The van der Waals surface area contributed by atoms with E-state index in [1.54, 1.807) is 56.7 Å². The molecule has 0 aliphatic carbocycles. The van der Waals surface area contributed by atoms with Gasteiger partial charge in [-0.1, -0.05) is 30.3 Å². The second kappa shape index (κ2) is 7.97. The summed E-state index contributed by atoms with van der Waals surface area (Å²) in [6, 6.07) is 11.8. The molecule has 24 heavy (non-hydrogen) atoms. The molecule has 2 rings (SSSR count). The minimum absolute atomic E-state index is 0.0340. The number of carboxylic acid groups (broad SMARTS) is 1. The van der Waals surface area contributed by atoms with Crippen LogP contribution in [0.1, 0.15) is 21.5 Å². The molecule has 5 nitrogen and oxygen atoms in total. The summed E-state index contributed by atoms with van der Waals surface area (Å²) in [6.07, 6.45) is 3.12. The summed E-state index contributed by atoms with van der Waals surface area (Å²) < 4.78 is 10.4. The van der Waals surface area contributed by atoms with Crippen LogP contribution in [0, 0.1) is 0 Å². The molecule has 0 heterocycles. The predicted molar refractivity (Wildman–Crippen MR) is 90.7 cm³/mol. The highest BCUT2D eigenvalue weighted by Crippen LogP contribution is 2.28. The first kappa shape index (κ1) is 17.3. The van der Waals surface area contributed by atoms with Crippen LogP contribution in [0.5, 0.6) is 11.5 Å². The molecule has 0 bridgehead atoms. The molecule has 0 aromatic heterocycles. The van der Waals surface area contributed by atoms with Crippen molar-refractivity contribution in [3.8, 4) is 11.5 Å². The van der Waals surface area contributed by atoms with Crippen LogP contribution in [-0.4, -0.2) is 31.1 Å². The Morgan fingerprint density at radius 2 is 1.75 bits per heavy atom. The lowest BCUT2D eigenvalue weighted by atomic mass is 10.0. The Balaban J connectivity index is 2.13. The third-order valence-electron chi connectivity index (χ3n) is 3.48. The maximum absolute atomic E-state index is 12.1. The fraction of sp³-hybridized carbons (Fsp3) is 0.158. The fourth-order valence-electron chi connectivity index (χ4n) is 2.28. The zero-order valence-corrected chi connectivity index (χ0v) is 13.5. The van der Waals surface area contributed by atoms with Crippen LogP contribution in [0.3, 0.4) is 0 Å². The van der Waals surface area contributed by atoms with Crippen molar-refractivity contribution in [3.05, 3.63) is 65.2 Å². The van der Waals surface area contributed by atoms with E-state index in [2.05, 4.69) is 0 Å². The number of hydrogen-bond acceptors (Lipinski definition) is 4. The second-order valence-corrected chi connectivity index (χ2v) is 5.05. The molecule has 124 valence electrons. The van der Waals surface area contributed by atoms with Crippen molar-refractivity contribution in [2.75, 3.05) is 14.2 Å². The highest BCUT2D eigenvalue weighted by atomic mass is 16.5. The maximum atomic E-state index is 12.1. The molecule has 2 aromatic carbocycles. The van der Waals surface area contributed by atoms with E-state index in [1.165, 1.54) is 12.1 Å². The van der Waals surface area contributed by atoms with Crippen LogP contribution in [-0.2, 0) is 11.2 Å². The van der Waals surface area contributed by atoms with Gasteiger partial charge in [0, 0.05) is 6.42 Å². The largest absolute Gasteiger partial charge is 0.493 e. The molecule has 1 N–H and O–H groups in total. The third kappa shape index (κ3) is 4.23. The van der Waals surface area contributed by atoms with Crippen LogP contribution < -0.4 is 9.47 Å². The maximum Gasteiger partial charge on any atom is 0.335 e. The smallest absolute Gasteiger partial charge is 0.335 e. The van der Waals surface area contributed by atoms with Gasteiger partial charge in [-0.3, -0.25) is 4.79 Å². The molecule has 0 aliphatic heterocycles. The highest BCUT2D eigenvalue weighted by Gasteiger charge is 2.11. The first-order valence-electron chi connectivity index (χ1n) is 7.29. The van der Waals surface area contributed by atoms with Crippen molar-refractivity contribution in [3.63, 3.8) is 0 Å². The zero-order valence-electron chi connectivity index (χ0n) is 13.5. The number of rotatable bonds is 7. The van der Waals surface area contributed by atoms with Gasteiger partial charge >= 0.3 is 5.97 Å². The standard InChI is InChI=1S/C19H18O5/c1-23-17-10-8-13(11-18(17)24-2)7-9-15(20)12-14-5-3-4-6-16(14)19(21)22/h3-11H,12H2,1-2H3,(H,21,22). The average Bonchev–Trinajstić information content (AvgIpc) is 2.59. The number of hydrogen-bond donors (Lipinski definition) is 1. The first-order valence-corrected chi connectivity index (χ1v) is 7.29. The van der Waals surface area contributed by atoms with Gasteiger partial charge in [-0.05, 0) is 35.4 Å².